The highest BCUT2D eigenvalue weighted by Gasteiger charge is 2.15. The summed E-state index contributed by atoms with van der Waals surface area (Å²) in [5, 5.41) is 20.8. The Kier molecular flexibility index (Phi) is 10.2. The second kappa shape index (κ2) is 12.0. The van der Waals surface area contributed by atoms with Crippen molar-refractivity contribution in [1.29, 1.82) is 0 Å². The summed E-state index contributed by atoms with van der Waals surface area (Å²) >= 11 is 0. The van der Waals surface area contributed by atoms with Crippen LogP contribution in [0.15, 0.2) is 0 Å². The molecule has 0 aliphatic carbocycles. The normalized spacial score (nSPS) is 12.4. The standard InChI is InChI=1S/C17H32N4O2/c1-3-5-6-7-8-9-10-11-12-13-15(4-2)17-18-20-21(19-17)14-16(22)23/h15H,3-14H2,1-2H3,(H,22,23). The third-order valence-corrected chi connectivity index (χ3v) is 4.26. The Morgan fingerprint density at radius 3 is 2.22 bits per heavy atom. The maximum absolute atomic E-state index is 10.6. The summed E-state index contributed by atoms with van der Waals surface area (Å²) in [5.41, 5.74) is 0. The Bertz CT molecular complexity index is 434. The van der Waals surface area contributed by atoms with Gasteiger partial charge in [0.2, 0.25) is 0 Å². The first-order valence-corrected chi connectivity index (χ1v) is 9.16. The van der Waals surface area contributed by atoms with Crippen LogP contribution >= 0.6 is 0 Å². The van der Waals surface area contributed by atoms with E-state index >= 15 is 0 Å². The van der Waals surface area contributed by atoms with Gasteiger partial charge in [-0.3, -0.25) is 4.79 Å². The largest absolute Gasteiger partial charge is 0.480 e. The van der Waals surface area contributed by atoms with E-state index in [-0.39, 0.29) is 6.54 Å². The minimum Gasteiger partial charge on any atom is -0.480 e. The van der Waals surface area contributed by atoms with Gasteiger partial charge in [-0.1, -0.05) is 71.6 Å². The van der Waals surface area contributed by atoms with Crippen molar-refractivity contribution < 1.29 is 9.90 Å². The fourth-order valence-electron chi connectivity index (χ4n) is 2.82. The van der Waals surface area contributed by atoms with E-state index in [2.05, 4.69) is 29.3 Å². The molecule has 23 heavy (non-hydrogen) atoms. The lowest BCUT2D eigenvalue weighted by molar-refractivity contribution is -0.138. The van der Waals surface area contributed by atoms with Crippen LogP contribution in [-0.2, 0) is 11.3 Å². The molecule has 0 bridgehead atoms. The molecule has 0 aromatic carbocycles. The molecule has 132 valence electrons. The van der Waals surface area contributed by atoms with Crippen molar-refractivity contribution in [2.75, 3.05) is 0 Å². The molecule has 0 saturated carbocycles. The molecule has 1 N–H and O–H groups in total. The van der Waals surface area contributed by atoms with Crippen LogP contribution in [-0.4, -0.2) is 31.3 Å². The number of hydrogen-bond donors (Lipinski definition) is 1. The number of unbranched alkanes of at least 4 members (excludes halogenated alkanes) is 8. The molecule has 1 atom stereocenters. The summed E-state index contributed by atoms with van der Waals surface area (Å²) in [6.45, 7) is 4.15. The summed E-state index contributed by atoms with van der Waals surface area (Å²) in [4.78, 5) is 11.8. The molecule has 0 spiro atoms. The zero-order valence-corrected chi connectivity index (χ0v) is 14.7. The number of carboxylic acids is 1. The molecule has 1 heterocycles. The van der Waals surface area contributed by atoms with Gasteiger partial charge in [0.1, 0.15) is 0 Å². The molecule has 0 radical (unpaired) electrons. The molecule has 1 aromatic heterocycles. The first-order valence-electron chi connectivity index (χ1n) is 9.16. The first-order chi connectivity index (χ1) is 11.2. The van der Waals surface area contributed by atoms with E-state index in [1.54, 1.807) is 0 Å². The summed E-state index contributed by atoms with van der Waals surface area (Å²) in [5.74, 6) is 0.0383. The van der Waals surface area contributed by atoms with E-state index in [1.165, 1.54) is 57.8 Å². The molecular formula is C17H32N4O2. The van der Waals surface area contributed by atoms with Gasteiger partial charge in [-0.05, 0) is 18.1 Å². The van der Waals surface area contributed by atoms with Crippen molar-refractivity contribution in [2.24, 2.45) is 0 Å². The number of tetrazole rings is 1. The van der Waals surface area contributed by atoms with Gasteiger partial charge in [-0.15, -0.1) is 10.2 Å². The monoisotopic (exact) mass is 324 g/mol. The summed E-state index contributed by atoms with van der Waals surface area (Å²) in [7, 11) is 0. The fourth-order valence-corrected chi connectivity index (χ4v) is 2.82. The first kappa shape index (κ1) is 19.6. The van der Waals surface area contributed by atoms with E-state index in [0.717, 1.165) is 17.6 Å². The highest BCUT2D eigenvalue weighted by Crippen LogP contribution is 2.22. The van der Waals surface area contributed by atoms with Crippen molar-refractivity contribution in [2.45, 2.75) is 96.9 Å². The Labute approximate surface area is 139 Å². The quantitative estimate of drug-likeness (QED) is 0.519. The number of aliphatic carboxylic acids is 1. The van der Waals surface area contributed by atoms with Gasteiger partial charge in [0.15, 0.2) is 12.4 Å². The van der Waals surface area contributed by atoms with Crippen LogP contribution in [0.5, 0.6) is 0 Å². The number of nitrogens with zero attached hydrogens (tertiary/aromatic N) is 4. The Morgan fingerprint density at radius 1 is 1.04 bits per heavy atom. The average molecular weight is 324 g/mol. The lowest BCUT2D eigenvalue weighted by atomic mass is 9.97. The van der Waals surface area contributed by atoms with E-state index in [9.17, 15) is 4.79 Å². The van der Waals surface area contributed by atoms with E-state index in [4.69, 9.17) is 5.11 Å². The van der Waals surface area contributed by atoms with Crippen molar-refractivity contribution in [3.63, 3.8) is 0 Å². The highest BCUT2D eigenvalue weighted by molar-refractivity contribution is 5.66. The lowest BCUT2D eigenvalue weighted by Crippen LogP contribution is -2.12. The van der Waals surface area contributed by atoms with Crippen molar-refractivity contribution in [3.05, 3.63) is 5.82 Å². The smallest absolute Gasteiger partial charge is 0.327 e. The Morgan fingerprint density at radius 2 is 1.65 bits per heavy atom. The van der Waals surface area contributed by atoms with Gasteiger partial charge in [0.25, 0.3) is 0 Å². The number of hydrogen-bond acceptors (Lipinski definition) is 4. The minimum absolute atomic E-state index is 0.221. The summed E-state index contributed by atoms with van der Waals surface area (Å²) in [6, 6.07) is 0. The maximum atomic E-state index is 10.6. The zero-order chi connectivity index (χ0) is 16.9. The van der Waals surface area contributed by atoms with Gasteiger partial charge in [0, 0.05) is 5.92 Å². The van der Waals surface area contributed by atoms with E-state index in [1.807, 2.05) is 0 Å². The highest BCUT2D eigenvalue weighted by atomic mass is 16.4. The molecule has 1 rings (SSSR count). The van der Waals surface area contributed by atoms with Gasteiger partial charge < -0.3 is 5.11 Å². The van der Waals surface area contributed by atoms with Gasteiger partial charge in [0.05, 0.1) is 0 Å². The lowest BCUT2D eigenvalue weighted by Gasteiger charge is -2.10. The van der Waals surface area contributed by atoms with Crippen LogP contribution in [0.4, 0.5) is 0 Å². The predicted molar refractivity (Wildman–Crippen MR) is 90.3 cm³/mol. The zero-order valence-electron chi connectivity index (χ0n) is 14.7. The Hall–Kier alpha value is -1.46. The third kappa shape index (κ3) is 8.67. The van der Waals surface area contributed by atoms with Crippen LogP contribution < -0.4 is 0 Å². The fraction of sp³-hybridized carbons (Fsp3) is 0.882. The van der Waals surface area contributed by atoms with Gasteiger partial charge >= 0.3 is 5.97 Å². The van der Waals surface area contributed by atoms with E-state index in [0.29, 0.717) is 11.7 Å². The molecule has 0 fully saturated rings. The van der Waals surface area contributed by atoms with Crippen LogP contribution in [0.3, 0.4) is 0 Å². The number of rotatable bonds is 14. The molecule has 0 aliphatic rings. The molecule has 1 unspecified atom stereocenters. The maximum Gasteiger partial charge on any atom is 0.327 e. The summed E-state index contributed by atoms with van der Waals surface area (Å²) < 4.78 is 0. The van der Waals surface area contributed by atoms with Crippen LogP contribution in [0.1, 0.15) is 96.2 Å². The predicted octanol–water partition coefficient (Wildman–Crippen LogP) is 4.17. The SMILES string of the molecule is CCCCCCCCCCCC(CC)c1nnn(CC(=O)O)n1. The third-order valence-electron chi connectivity index (χ3n) is 4.26. The molecular weight excluding hydrogens is 292 g/mol. The van der Waals surface area contributed by atoms with Gasteiger partial charge in [-0.25, -0.2) is 0 Å². The Balaban J connectivity index is 2.16. The van der Waals surface area contributed by atoms with Crippen molar-refractivity contribution >= 4 is 5.97 Å². The molecule has 0 saturated heterocycles. The second-order valence-electron chi connectivity index (χ2n) is 6.29. The van der Waals surface area contributed by atoms with Gasteiger partial charge in [-0.2, -0.15) is 4.80 Å². The van der Waals surface area contributed by atoms with E-state index < -0.39 is 5.97 Å². The summed E-state index contributed by atoms with van der Waals surface area (Å²) in [6.07, 6.45) is 13.9. The average Bonchev–Trinajstić information content (AvgIpc) is 2.97. The second-order valence-corrected chi connectivity index (χ2v) is 6.29. The molecule has 0 amide bonds. The minimum atomic E-state index is -0.944. The number of carbonyl (C=O) groups is 1. The molecule has 6 heteroatoms. The molecule has 1 aromatic rings. The number of carboxylic acid groups (broad SMARTS) is 1. The molecule has 0 aliphatic heterocycles. The molecule has 6 nitrogen and oxygen atoms in total. The van der Waals surface area contributed by atoms with Crippen molar-refractivity contribution in [3.8, 4) is 0 Å². The topological polar surface area (TPSA) is 80.9 Å². The van der Waals surface area contributed by atoms with Crippen molar-refractivity contribution in [1.82, 2.24) is 20.2 Å². The van der Waals surface area contributed by atoms with Crippen LogP contribution in [0.25, 0.3) is 0 Å². The van der Waals surface area contributed by atoms with Crippen LogP contribution in [0, 0.1) is 0 Å². The number of aromatic nitrogens is 4. The van der Waals surface area contributed by atoms with Crippen LogP contribution in [0.2, 0.25) is 0 Å².